The number of hydrogen-bond acceptors (Lipinski definition) is 3. The van der Waals surface area contributed by atoms with Crippen LogP contribution in [0.4, 0.5) is 11.4 Å². The molecule has 0 saturated heterocycles. The summed E-state index contributed by atoms with van der Waals surface area (Å²) in [6.07, 6.45) is -0.372. The lowest BCUT2D eigenvalue weighted by atomic mass is 10.2. The van der Waals surface area contributed by atoms with Crippen LogP contribution in [0.1, 0.15) is 6.42 Å². The SMILES string of the molecule is COc1ccc(NC(=O)CC(=O)Nc2ccc(Cl)cc2Cl)cc1Cl. The summed E-state index contributed by atoms with van der Waals surface area (Å²) in [7, 11) is 1.49. The number of halogens is 3. The van der Waals surface area contributed by atoms with Crippen molar-refractivity contribution in [3.63, 3.8) is 0 Å². The zero-order valence-electron chi connectivity index (χ0n) is 12.5. The third-order valence-electron chi connectivity index (χ3n) is 2.96. The standard InChI is InChI=1S/C16H13Cl3N2O3/c1-24-14-5-3-10(7-12(14)19)20-15(22)8-16(23)21-13-4-2-9(17)6-11(13)18/h2-7H,8H2,1H3,(H,20,22)(H,21,23). The summed E-state index contributed by atoms with van der Waals surface area (Å²) in [6, 6.07) is 9.42. The Kier molecular flexibility index (Phi) is 6.31. The first-order valence-corrected chi connectivity index (χ1v) is 7.90. The van der Waals surface area contributed by atoms with Gasteiger partial charge in [-0.1, -0.05) is 34.8 Å². The van der Waals surface area contributed by atoms with E-state index < -0.39 is 11.8 Å². The molecule has 0 bridgehead atoms. The number of amides is 2. The Balaban J connectivity index is 1.94. The molecule has 0 aliphatic carbocycles. The van der Waals surface area contributed by atoms with Crippen LogP contribution >= 0.6 is 34.8 Å². The molecule has 0 heterocycles. The van der Waals surface area contributed by atoms with E-state index >= 15 is 0 Å². The number of benzene rings is 2. The van der Waals surface area contributed by atoms with Crippen LogP contribution in [0.3, 0.4) is 0 Å². The summed E-state index contributed by atoms with van der Waals surface area (Å²) in [6.45, 7) is 0. The largest absolute Gasteiger partial charge is 0.495 e. The predicted octanol–water partition coefficient (Wildman–Crippen LogP) is 4.62. The number of ether oxygens (including phenoxy) is 1. The number of anilines is 2. The zero-order valence-corrected chi connectivity index (χ0v) is 14.8. The first-order valence-electron chi connectivity index (χ1n) is 6.77. The molecule has 8 heteroatoms. The van der Waals surface area contributed by atoms with Gasteiger partial charge in [-0.2, -0.15) is 0 Å². The van der Waals surface area contributed by atoms with E-state index in [4.69, 9.17) is 39.5 Å². The molecule has 2 N–H and O–H groups in total. The van der Waals surface area contributed by atoms with Gasteiger partial charge in [0.25, 0.3) is 0 Å². The van der Waals surface area contributed by atoms with Crippen molar-refractivity contribution < 1.29 is 14.3 Å². The summed E-state index contributed by atoms with van der Waals surface area (Å²) in [5.41, 5.74) is 0.842. The highest BCUT2D eigenvalue weighted by Crippen LogP contribution is 2.27. The second kappa shape index (κ2) is 8.24. The van der Waals surface area contributed by atoms with Gasteiger partial charge in [-0.3, -0.25) is 9.59 Å². The smallest absolute Gasteiger partial charge is 0.233 e. The van der Waals surface area contributed by atoms with Crippen LogP contribution in [0.5, 0.6) is 5.75 Å². The molecule has 0 aliphatic heterocycles. The van der Waals surface area contributed by atoms with Crippen molar-refractivity contribution in [1.82, 2.24) is 0 Å². The average Bonchev–Trinajstić information content (AvgIpc) is 2.50. The Labute approximate surface area is 153 Å². The maximum absolute atomic E-state index is 11.9. The zero-order chi connectivity index (χ0) is 17.7. The molecule has 0 aromatic heterocycles. The van der Waals surface area contributed by atoms with Gasteiger partial charge in [0.1, 0.15) is 12.2 Å². The Hall–Kier alpha value is -1.95. The van der Waals surface area contributed by atoms with Crippen LogP contribution in [-0.2, 0) is 9.59 Å². The highest BCUT2D eigenvalue weighted by Gasteiger charge is 2.12. The fourth-order valence-electron chi connectivity index (χ4n) is 1.88. The first-order chi connectivity index (χ1) is 11.4. The van der Waals surface area contributed by atoms with Gasteiger partial charge in [0.2, 0.25) is 11.8 Å². The van der Waals surface area contributed by atoms with Crippen molar-refractivity contribution in [2.45, 2.75) is 6.42 Å². The lowest BCUT2D eigenvalue weighted by Gasteiger charge is -2.09. The van der Waals surface area contributed by atoms with E-state index in [1.165, 1.54) is 19.2 Å². The van der Waals surface area contributed by atoms with Gasteiger partial charge in [0.05, 0.1) is 22.8 Å². The second-order valence-electron chi connectivity index (χ2n) is 4.75. The van der Waals surface area contributed by atoms with E-state index in [-0.39, 0.29) is 11.4 Å². The average molecular weight is 388 g/mol. The third kappa shape index (κ3) is 5.03. The fraction of sp³-hybridized carbons (Fsp3) is 0.125. The molecule has 2 rings (SSSR count). The minimum atomic E-state index is -0.503. The number of carbonyl (C=O) groups excluding carboxylic acids is 2. The van der Waals surface area contributed by atoms with Gasteiger partial charge in [0.15, 0.2) is 0 Å². The van der Waals surface area contributed by atoms with E-state index in [1.54, 1.807) is 24.3 Å². The van der Waals surface area contributed by atoms with Crippen molar-refractivity contribution in [3.8, 4) is 5.75 Å². The van der Waals surface area contributed by atoms with Crippen molar-refractivity contribution in [2.75, 3.05) is 17.7 Å². The molecule has 0 fully saturated rings. The van der Waals surface area contributed by atoms with E-state index in [9.17, 15) is 9.59 Å². The fourth-order valence-corrected chi connectivity index (χ4v) is 2.59. The summed E-state index contributed by atoms with van der Waals surface area (Å²) in [5.74, 6) is -0.500. The molecule has 2 amide bonds. The van der Waals surface area contributed by atoms with Crippen molar-refractivity contribution >= 4 is 58.0 Å². The maximum atomic E-state index is 11.9. The van der Waals surface area contributed by atoms with Crippen molar-refractivity contribution in [3.05, 3.63) is 51.5 Å². The summed E-state index contributed by atoms with van der Waals surface area (Å²) >= 11 is 17.7. The minimum absolute atomic E-state index is 0.290. The predicted molar refractivity (Wildman–Crippen MR) is 96.3 cm³/mol. The van der Waals surface area contributed by atoms with Gasteiger partial charge < -0.3 is 15.4 Å². The lowest BCUT2D eigenvalue weighted by Crippen LogP contribution is -2.21. The topological polar surface area (TPSA) is 67.4 Å². The minimum Gasteiger partial charge on any atom is -0.495 e. The molecule has 126 valence electrons. The summed E-state index contributed by atoms with van der Waals surface area (Å²) in [4.78, 5) is 23.8. The van der Waals surface area contributed by atoms with E-state index in [0.717, 1.165) is 0 Å². The van der Waals surface area contributed by atoms with Gasteiger partial charge in [-0.25, -0.2) is 0 Å². The van der Waals surface area contributed by atoms with Crippen LogP contribution in [0.25, 0.3) is 0 Å². The molecule has 2 aromatic carbocycles. The molecule has 2 aromatic rings. The number of carbonyl (C=O) groups is 2. The van der Waals surface area contributed by atoms with E-state index in [2.05, 4.69) is 10.6 Å². The molecular weight excluding hydrogens is 375 g/mol. The Bertz CT molecular complexity index is 781. The molecule has 0 atom stereocenters. The summed E-state index contributed by atoms with van der Waals surface area (Å²) in [5, 5.41) is 6.22. The van der Waals surface area contributed by atoms with Crippen LogP contribution < -0.4 is 15.4 Å². The number of rotatable bonds is 5. The van der Waals surface area contributed by atoms with Gasteiger partial charge >= 0.3 is 0 Å². The van der Waals surface area contributed by atoms with Crippen molar-refractivity contribution in [1.29, 1.82) is 0 Å². The van der Waals surface area contributed by atoms with Crippen LogP contribution in [0.15, 0.2) is 36.4 Å². The lowest BCUT2D eigenvalue weighted by molar-refractivity contribution is -0.123. The number of methoxy groups -OCH3 is 1. The maximum Gasteiger partial charge on any atom is 0.233 e. The van der Waals surface area contributed by atoms with Gasteiger partial charge in [-0.05, 0) is 36.4 Å². The van der Waals surface area contributed by atoms with Crippen LogP contribution in [0.2, 0.25) is 15.1 Å². The third-order valence-corrected chi connectivity index (χ3v) is 3.81. The molecule has 0 spiro atoms. The Morgan fingerprint density at radius 2 is 1.67 bits per heavy atom. The number of hydrogen-bond donors (Lipinski definition) is 2. The normalized spacial score (nSPS) is 10.2. The molecular formula is C16H13Cl3N2O3. The second-order valence-corrected chi connectivity index (χ2v) is 6.00. The summed E-state index contributed by atoms with van der Waals surface area (Å²) < 4.78 is 5.02. The Morgan fingerprint density at radius 1 is 0.958 bits per heavy atom. The molecule has 0 saturated carbocycles. The van der Waals surface area contributed by atoms with Gasteiger partial charge in [-0.15, -0.1) is 0 Å². The van der Waals surface area contributed by atoms with Crippen LogP contribution in [-0.4, -0.2) is 18.9 Å². The molecule has 5 nitrogen and oxygen atoms in total. The molecule has 0 unspecified atom stereocenters. The first kappa shape index (κ1) is 18.4. The number of nitrogens with one attached hydrogen (secondary N) is 2. The monoisotopic (exact) mass is 386 g/mol. The molecule has 24 heavy (non-hydrogen) atoms. The quantitative estimate of drug-likeness (QED) is 0.735. The molecule has 0 aliphatic rings. The highest BCUT2D eigenvalue weighted by molar-refractivity contribution is 6.36. The van der Waals surface area contributed by atoms with Crippen molar-refractivity contribution in [2.24, 2.45) is 0 Å². The van der Waals surface area contributed by atoms with Crippen LogP contribution in [0, 0.1) is 0 Å². The van der Waals surface area contributed by atoms with E-state index in [1.807, 2.05) is 0 Å². The van der Waals surface area contributed by atoms with Gasteiger partial charge in [0, 0.05) is 10.7 Å². The Morgan fingerprint density at radius 3 is 2.29 bits per heavy atom. The van der Waals surface area contributed by atoms with E-state index in [0.29, 0.717) is 27.2 Å². The molecule has 0 radical (unpaired) electrons. The highest BCUT2D eigenvalue weighted by atomic mass is 35.5.